The molecule has 2 rings (SSSR count). The van der Waals surface area contributed by atoms with Crippen LogP contribution in [0.3, 0.4) is 0 Å². The van der Waals surface area contributed by atoms with Crippen molar-refractivity contribution in [2.75, 3.05) is 19.6 Å². The number of aliphatic hydroxyl groups is 1. The van der Waals surface area contributed by atoms with Crippen LogP contribution in [-0.2, 0) is 0 Å². The van der Waals surface area contributed by atoms with Gasteiger partial charge in [0, 0.05) is 12.1 Å². The van der Waals surface area contributed by atoms with Gasteiger partial charge in [0.1, 0.15) is 5.82 Å². The van der Waals surface area contributed by atoms with Crippen LogP contribution in [0.1, 0.15) is 37.4 Å². The Balaban J connectivity index is 1.96. The molecule has 17 heavy (non-hydrogen) atoms. The normalized spacial score (nSPS) is 19.9. The van der Waals surface area contributed by atoms with E-state index >= 15 is 0 Å². The topological polar surface area (TPSA) is 23.5 Å². The lowest BCUT2D eigenvalue weighted by molar-refractivity contribution is 0.112. The zero-order valence-electron chi connectivity index (χ0n) is 10.1. The van der Waals surface area contributed by atoms with E-state index in [-0.39, 0.29) is 5.82 Å². The third-order valence-electron chi connectivity index (χ3n) is 3.39. The van der Waals surface area contributed by atoms with Gasteiger partial charge in [0.05, 0.1) is 6.10 Å². The highest BCUT2D eigenvalue weighted by Gasteiger charge is 2.17. The molecule has 1 fully saturated rings. The molecule has 0 bridgehead atoms. The molecule has 0 radical (unpaired) electrons. The van der Waals surface area contributed by atoms with Crippen molar-refractivity contribution >= 4 is 0 Å². The maximum absolute atomic E-state index is 13.5. The molecular weight excluding hydrogens is 217 g/mol. The fourth-order valence-electron chi connectivity index (χ4n) is 2.41. The standard InChI is InChI=1S/C14H20FNO/c15-13-8-4-3-7-12(13)14(17)11-16-9-5-1-2-6-10-16/h3-4,7-8,14,17H,1-2,5-6,9-11H2. The minimum Gasteiger partial charge on any atom is -0.387 e. The van der Waals surface area contributed by atoms with Crippen molar-refractivity contribution in [3.05, 3.63) is 35.6 Å². The number of halogens is 1. The average molecular weight is 237 g/mol. The van der Waals surface area contributed by atoms with Gasteiger partial charge in [0.2, 0.25) is 0 Å². The van der Waals surface area contributed by atoms with E-state index in [4.69, 9.17) is 0 Å². The summed E-state index contributed by atoms with van der Waals surface area (Å²) < 4.78 is 13.5. The Morgan fingerprint density at radius 2 is 1.76 bits per heavy atom. The largest absolute Gasteiger partial charge is 0.387 e. The molecule has 1 aliphatic heterocycles. The van der Waals surface area contributed by atoms with Gasteiger partial charge in [0.25, 0.3) is 0 Å². The lowest BCUT2D eigenvalue weighted by atomic mass is 10.1. The Hall–Kier alpha value is -0.930. The predicted molar refractivity (Wildman–Crippen MR) is 66.3 cm³/mol. The van der Waals surface area contributed by atoms with E-state index in [1.165, 1.54) is 31.7 Å². The highest BCUT2D eigenvalue weighted by atomic mass is 19.1. The second kappa shape index (κ2) is 6.12. The van der Waals surface area contributed by atoms with Gasteiger partial charge in [-0.15, -0.1) is 0 Å². The van der Waals surface area contributed by atoms with Crippen LogP contribution in [0.15, 0.2) is 24.3 Å². The molecule has 1 aliphatic rings. The quantitative estimate of drug-likeness (QED) is 0.873. The van der Waals surface area contributed by atoms with Crippen LogP contribution >= 0.6 is 0 Å². The first kappa shape index (κ1) is 12.5. The van der Waals surface area contributed by atoms with Gasteiger partial charge >= 0.3 is 0 Å². The molecular formula is C14H20FNO. The van der Waals surface area contributed by atoms with Crippen LogP contribution in [0, 0.1) is 5.82 Å². The zero-order valence-corrected chi connectivity index (χ0v) is 10.1. The molecule has 1 N–H and O–H groups in total. The summed E-state index contributed by atoms with van der Waals surface area (Å²) in [6.07, 6.45) is 4.20. The lowest BCUT2D eigenvalue weighted by Crippen LogP contribution is -2.29. The van der Waals surface area contributed by atoms with Crippen LogP contribution in [-0.4, -0.2) is 29.6 Å². The minimum absolute atomic E-state index is 0.310. The Kier molecular flexibility index (Phi) is 4.51. The number of rotatable bonds is 3. The highest BCUT2D eigenvalue weighted by Crippen LogP contribution is 2.19. The zero-order chi connectivity index (χ0) is 12.1. The third kappa shape index (κ3) is 3.51. The fraction of sp³-hybridized carbons (Fsp3) is 0.571. The van der Waals surface area contributed by atoms with Crippen molar-refractivity contribution < 1.29 is 9.50 Å². The second-order valence-electron chi connectivity index (χ2n) is 4.75. The summed E-state index contributed by atoms with van der Waals surface area (Å²) in [6.45, 7) is 2.58. The summed E-state index contributed by atoms with van der Waals surface area (Å²) in [5.41, 5.74) is 0.414. The van der Waals surface area contributed by atoms with Crippen LogP contribution in [0.25, 0.3) is 0 Å². The van der Waals surface area contributed by atoms with Crippen molar-refractivity contribution in [3.63, 3.8) is 0 Å². The predicted octanol–water partition coefficient (Wildman–Crippen LogP) is 2.74. The van der Waals surface area contributed by atoms with Gasteiger partial charge in [-0.25, -0.2) is 4.39 Å². The Labute approximate surface area is 102 Å². The number of aliphatic hydroxyl groups excluding tert-OH is 1. The first-order chi connectivity index (χ1) is 8.27. The first-order valence-corrected chi connectivity index (χ1v) is 6.42. The maximum atomic E-state index is 13.5. The molecule has 0 spiro atoms. The molecule has 2 nitrogen and oxygen atoms in total. The Morgan fingerprint density at radius 3 is 2.41 bits per heavy atom. The SMILES string of the molecule is OC(CN1CCCCCC1)c1ccccc1F. The van der Waals surface area contributed by atoms with Crippen LogP contribution in [0.4, 0.5) is 4.39 Å². The molecule has 1 unspecified atom stereocenters. The van der Waals surface area contributed by atoms with E-state index in [1.807, 2.05) is 0 Å². The molecule has 94 valence electrons. The summed E-state index contributed by atoms with van der Waals surface area (Å²) in [4.78, 5) is 2.24. The Bertz CT molecular complexity index is 348. The smallest absolute Gasteiger partial charge is 0.129 e. The van der Waals surface area contributed by atoms with Crippen molar-refractivity contribution in [3.8, 4) is 0 Å². The number of hydrogen-bond donors (Lipinski definition) is 1. The molecule has 3 heteroatoms. The van der Waals surface area contributed by atoms with E-state index in [2.05, 4.69) is 4.90 Å². The van der Waals surface area contributed by atoms with E-state index in [1.54, 1.807) is 18.2 Å². The highest BCUT2D eigenvalue weighted by molar-refractivity contribution is 5.20. The minimum atomic E-state index is -0.714. The summed E-state index contributed by atoms with van der Waals surface area (Å²) in [5, 5.41) is 10.1. The van der Waals surface area contributed by atoms with Gasteiger partial charge in [-0.05, 0) is 32.0 Å². The monoisotopic (exact) mass is 237 g/mol. The molecule has 1 saturated heterocycles. The van der Waals surface area contributed by atoms with E-state index in [0.717, 1.165) is 13.1 Å². The number of nitrogens with zero attached hydrogens (tertiary/aromatic N) is 1. The summed E-state index contributed by atoms with van der Waals surface area (Å²) in [5.74, 6) is -0.310. The van der Waals surface area contributed by atoms with E-state index in [0.29, 0.717) is 12.1 Å². The number of benzene rings is 1. The van der Waals surface area contributed by atoms with Gasteiger partial charge in [-0.1, -0.05) is 31.0 Å². The molecule has 1 atom stereocenters. The van der Waals surface area contributed by atoms with Crippen LogP contribution < -0.4 is 0 Å². The fourth-order valence-corrected chi connectivity index (χ4v) is 2.41. The summed E-state index contributed by atoms with van der Waals surface area (Å²) in [6, 6.07) is 6.49. The molecule has 1 aromatic carbocycles. The number of likely N-dealkylation sites (tertiary alicyclic amines) is 1. The van der Waals surface area contributed by atoms with Gasteiger partial charge < -0.3 is 10.0 Å². The molecule has 1 aromatic rings. The van der Waals surface area contributed by atoms with Gasteiger partial charge in [0.15, 0.2) is 0 Å². The van der Waals surface area contributed by atoms with Crippen molar-refractivity contribution in [2.45, 2.75) is 31.8 Å². The third-order valence-corrected chi connectivity index (χ3v) is 3.39. The summed E-state index contributed by atoms with van der Waals surface area (Å²) in [7, 11) is 0. The first-order valence-electron chi connectivity index (χ1n) is 6.42. The van der Waals surface area contributed by atoms with Crippen molar-refractivity contribution in [1.29, 1.82) is 0 Å². The molecule has 0 saturated carbocycles. The lowest BCUT2D eigenvalue weighted by Gasteiger charge is -2.23. The van der Waals surface area contributed by atoms with Gasteiger partial charge in [-0.2, -0.15) is 0 Å². The Morgan fingerprint density at radius 1 is 1.12 bits per heavy atom. The molecule has 1 heterocycles. The average Bonchev–Trinajstić information content (AvgIpc) is 2.58. The molecule has 0 amide bonds. The molecule has 0 aliphatic carbocycles. The van der Waals surface area contributed by atoms with E-state index < -0.39 is 6.10 Å². The van der Waals surface area contributed by atoms with Crippen LogP contribution in [0.2, 0.25) is 0 Å². The van der Waals surface area contributed by atoms with E-state index in [9.17, 15) is 9.50 Å². The second-order valence-corrected chi connectivity index (χ2v) is 4.75. The summed E-state index contributed by atoms with van der Waals surface area (Å²) >= 11 is 0. The number of β-amino-alcohol motifs (C(OH)–C–C–N with tert-alkyl or cyclic N) is 1. The van der Waals surface area contributed by atoms with Crippen molar-refractivity contribution in [2.24, 2.45) is 0 Å². The van der Waals surface area contributed by atoms with Gasteiger partial charge in [-0.3, -0.25) is 0 Å². The maximum Gasteiger partial charge on any atom is 0.129 e. The molecule has 0 aromatic heterocycles. The number of hydrogen-bond acceptors (Lipinski definition) is 2. The van der Waals surface area contributed by atoms with Crippen LogP contribution in [0.5, 0.6) is 0 Å². The van der Waals surface area contributed by atoms with Crippen molar-refractivity contribution in [1.82, 2.24) is 4.90 Å².